The molecule has 0 unspecified atom stereocenters. The lowest BCUT2D eigenvalue weighted by Crippen LogP contribution is -2.46. The molecule has 124 valence electrons. The summed E-state index contributed by atoms with van der Waals surface area (Å²) in [4.78, 5) is 2.07. The molecule has 1 aromatic carbocycles. The fourth-order valence-corrected chi connectivity index (χ4v) is 2.77. The molecule has 2 rings (SSSR count). The van der Waals surface area contributed by atoms with Gasteiger partial charge >= 0.3 is 0 Å². The van der Waals surface area contributed by atoms with Gasteiger partial charge in [0.25, 0.3) is 0 Å². The van der Waals surface area contributed by atoms with Crippen LogP contribution < -0.4 is 9.47 Å². The van der Waals surface area contributed by atoms with Crippen LogP contribution in [0.1, 0.15) is 25.3 Å². The lowest BCUT2D eigenvalue weighted by atomic mass is 10.0. The number of piperidine rings is 1. The zero-order valence-corrected chi connectivity index (χ0v) is 13.8. The predicted octanol–water partition coefficient (Wildman–Crippen LogP) is 2.06. The van der Waals surface area contributed by atoms with Crippen LogP contribution in [0.25, 0.3) is 0 Å². The third-order valence-electron chi connectivity index (χ3n) is 3.82. The average Bonchev–Trinajstić information content (AvgIpc) is 2.51. The van der Waals surface area contributed by atoms with Gasteiger partial charge in [0.15, 0.2) is 11.5 Å². The van der Waals surface area contributed by atoms with Gasteiger partial charge in [0.1, 0.15) is 0 Å². The van der Waals surface area contributed by atoms with Gasteiger partial charge in [0.05, 0.1) is 25.9 Å². The number of methoxy groups -OCH3 is 1. The fourth-order valence-electron chi connectivity index (χ4n) is 2.55. The summed E-state index contributed by atoms with van der Waals surface area (Å²) in [5, 5.41) is 20.0. The van der Waals surface area contributed by atoms with Crippen molar-refractivity contribution in [2.24, 2.45) is 0 Å². The molecule has 1 fully saturated rings. The minimum atomic E-state index is -0.707. The van der Waals surface area contributed by atoms with E-state index in [2.05, 4.69) is 4.90 Å². The van der Waals surface area contributed by atoms with Crippen LogP contribution in [0, 0.1) is 0 Å². The molecule has 1 aliphatic rings. The van der Waals surface area contributed by atoms with Crippen LogP contribution in [-0.2, 0) is 6.54 Å². The molecule has 2 N–H and O–H groups in total. The summed E-state index contributed by atoms with van der Waals surface area (Å²) < 4.78 is 11.0. The zero-order valence-electron chi connectivity index (χ0n) is 13.1. The summed E-state index contributed by atoms with van der Waals surface area (Å²) in [5.41, 5.74) is 0.922. The van der Waals surface area contributed by atoms with Crippen LogP contribution in [-0.4, -0.2) is 54.1 Å². The average molecular weight is 330 g/mol. The van der Waals surface area contributed by atoms with Crippen molar-refractivity contribution in [3.05, 3.63) is 22.7 Å². The van der Waals surface area contributed by atoms with Crippen molar-refractivity contribution in [3.63, 3.8) is 0 Å². The molecule has 1 aliphatic heterocycles. The van der Waals surface area contributed by atoms with Gasteiger partial charge in [-0.05, 0) is 24.5 Å². The Labute approximate surface area is 136 Å². The standard InChI is InChI=1S/C16H24ClNO4/c1-3-6-22-16-8-12(17)11(7-15(16)21-2)9-18-5-4-13(19)14(20)10-18/h7-8,13-14,19-20H,3-6,9-10H2,1-2H3/t13-,14-/m1/s1. The number of nitrogens with zero attached hydrogens (tertiary/aromatic N) is 1. The summed E-state index contributed by atoms with van der Waals surface area (Å²) in [6.45, 7) is 4.42. The maximum Gasteiger partial charge on any atom is 0.162 e. The summed E-state index contributed by atoms with van der Waals surface area (Å²) in [7, 11) is 1.60. The summed E-state index contributed by atoms with van der Waals surface area (Å²) in [6.07, 6.45) is 0.136. The number of likely N-dealkylation sites (tertiary alicyclic amines) is 1. The van der Waals surface area contributed by atoms with Crippen molar-refractivity contribution in [2.75, 3.05) is 26.8 Å². The quantitative estimate of drug-likeness (QED) is 0.836. The third-order valence-corrected chi connectivity index (χ3v) is 4.17. The third kappa shape index (κ3) is 4.26. The normalized spacial score (nSPS) is 22.6. The molecule has 0 bridgehead atoms. The van der Waals surface area contributed by atoms with Gasteiger partial charge in [-0.3, -0.25) is 4.90 Å². The monoisotopic (exact) mass is 329 g/mol. The summed E-state index contributed by atoms with van der Waals surface area (Å²) in [6, 6.07) is 3.66. The second-order valence-electron chi connectivity index (χ2n) is 5.60. The van der Waals surface area contributed by atoms with E-state index in [4.69, 9.17) is 21.1 Å². The van der Waals surface area contributed by atoms with E-state index in [1.54, 1.807) is 13.2 Å². The number of hydrogen-bond donors (Lipinski definition) is 2. The van der Waals surface area contributed by atoms with Crippen LogP contribution in [0.15, 0.2) is 12.1 Å². The Bertz CT molecular complexity index is 497. The van der Waals surface area contributed by atoms with E-state index in [1.165, 1.54) is 0 Å². The van der Waals surface area contributed by atoms with Crippen molar-refractivity contribution in [3.8, 4) is 11.5 Å². The van der Waals surface area contributed by atoms with Crippen molar-refractivity contribution in [1.29, 1.82) is 0 Å². The minimum Gasteiger partial charge on any atom is -0.493 e. The first-order valence-electron chi connectivity index (χ1n) is 7.62. The number of β-amino-alcohol motifs (C(OH)–C–C–N with tert-alkyl or cyclic N) is 1. The van der Waals surface area contributed by atoms with E-state index in [9.17, 15) is 10.2 Å². The molecular formula is C16H24ClNO4. The van der Waals surface area contributed by atoms with Crippen LogP contribution in [0.4, 0.5) is 0 Å². The number of hydrogen-bond acceptors (Lipinski definition) is 5. The van der Waals surface area contributed by atoms with E-state index < -0.39 is 12.2 Å². The number of ether oxygens (including phenoxy) is 2. The summed E-state index contributed by atoms with van der Waals surface area (Å²) in [5.74, 6) is 1.30. The molecule has 22 heavy (non-hydrogen) atoms. The number of aliphatic hydroxyl groups excluding tert-OH is 2. The van der Waals surface area contributed by atoms with E-state index in [0.717, 1.165) is 18.5 Å². The highest BCUT2D eigenvalue weighted by Gasteiger charge is 2.26. The van der Waals surface area contributed by atoms with Crippen LogP contribution in [0.2, 0.25) is 5.02 Å². The maximum atomic E-state index is 9.77. The lowest BCUT2D eigenvalue weighted by Gasteiger charge is -2.33. The largest absolute Gasteiger partial charge is 0.493 e. The highest BCUT2D eigenvalue weighted by molar-refractivity contribution is 6.31. The Balaban J connectivity index is 2.10. The van der Waals surface area contributed by atoms with E-state index in [1.807, 2.05) is 13.0 Å². The molecule has 0 saturated carbocycles. The molecule has 5 nitrogen and oxygen atoms in total. The molecular weight excluding hydrogens is 306 g/mol. The van der Waals surface area contributed by atoms with Gasteiger partial charge in [-0.2, -0.15) is 0 Å². The van der Waals surface area contributed by atoms with Gasteiger partial charge in [0, 0.05) is 30.7 Å². The maximum absolute atomic E-state index is 9.77. The molecule has 0 aliphatic carbocycles. The Morgan fingerprint density at radius 1 is 1.27 bits per heavy atom. The first-order valence-corrected chi connectivity index (χ1v) is 8.00. The first kappa shape index (κ1) is 17.3. The molecule has 1 aromatic rings. The molecule has 0 spiro atoms. The highest BCUT2D eigenvalue weighted by atomic mass is 35.5. The predicted molar refractivity (Wildman–Crippen MR) is 85.7 cm³/mol. The molecule has 2 atom stereocenters. The first-order chi connectivity index (χ1) is 10.5. The Kier molecular flexibility index (Phi) is 6.32. The number of aliphatic hydroxyl groups is 2. The van der Waals surface area contributed by atoms with Gasteiger partial charge < -0.3 is 19.7 Å². The Morgan fingerprint density at radius 2 is 2.05 bits per heavy atom. The molecule has 1 heterocycles. The van der Waals surface area contributed by atoms with Crippen molar-refractivity contribution < 1.29 is 19.7 Å². The fraction of sp³-hybridized carbons (Fsp3) is 0.625. The number of halogens is 1. The molecule has 6 heteroatoms. The Morgan fingerprint density at radius 3 is 2.68 bits per heavy atom. The van der Waals surface area contributed by atoms with Crippen molar-refractivity contribution >= 4 is 11.6 Å². The van der Waals surface area contributed by atoms with Crippen molar-refractivity contribution in [2.45, 2.75) is 38.5 Å². The zero-order chi connectivity index (χ0) is 16.1. The summed E-state index contributed by atoms with van der Waals surface area (Å²) >= 11 is 6.35. The van der Waals surface area contributed by atoms with Gasteiger partial charge in [-0.15, -0.1) is 0 Å². The van der Waals surface area contributed by atoms with Crippen molar-refractivity contribution in [1.82, 2.24) is 4.90 Å². The van der Waals surface area contributed by atoms with E-state index in [0.29, 0.717) is 42.6 Å². The van der Waals surface area contributed by atoms with E-state index in [-0.39, 0.29) is 0 Å². The van der Waals surface area contributed by atoms with Gasteiger partial charge in [-0.1, -0.05) is 18.5 Å². The molecule has 0 amide bonds. The molecule has 1 saturated heterocycles. The topological polar surface area (TPSA) is 62.2 Å². The van der Waals surface area contributed by atoms with Gasteiger partial charge in [0.2, 0.25) is 0 Å². The number of rotatable bonds is 6. The second-order valence-corrected chi connectivity index (χ2v) is 6.01. The minimum absolute atomic E-state index is 0.438. The van der Waals surface area contributed by atoms with Crippen LogP contribution in [0.5, 0.6) is 11.5 Å². The number of benzene rings is 1. The highest BCUT2D eigenvalue weighted by Crippen LogP contribution is 2.34. The van der Waals surface area contributed by atoms with Gasteiger partial charge in [-0.25, -0.2) is 0 Å². The van der Waals surface area contributed by atoms with Crippen LogP contribution in [0.3, 0.4) is 0 Å². The van der Waals surface area contributed by atoms with Crippen LogP contribution >= 0.6 is 11.6 Å². The molecule has 0 aromatic heterocycles. The lowest BCUT2D eigenvalue weighted by molar-refractivity contribution is -0.0403. The smallest absolute Gasteiger partial charge is 0.162 e. The Hall–Kier alpha value is -1.01. The second kappa shape index (κ2) is 8.02. The van der Waals surface area contributed by atoms with E-state index >= 15 is 0 Å². The molecule has 0 radical (unpaired) electrons. The SMILES string of the molecule is CCCOc1cc(Cl)c(CN2CC[C@@H](O)[C@H](O)C2)cc1OC.